The summed E-state index contributed by atoms with van der Waals surface area (Å²) in [6.45, 7) is 2.00. The van der Waals surface area contributed by atoms with Crippen LogP contribution in [0.1, 0.15) is 90.9 Å². The van der Waals surface area contributed by atoms with Crippen molar-refractivity contribution in [2.45, 2.75) is 103 Å². The van der Waals surface area contributed by atoms with Crippen LogP contribution in [0.15, 0.2) is 0 Å². The molecule has 0 aromatic rings. The van der Waals surface area contributed by atoms with Crippen LogP contribution >= 0.6 is 7.82 Å². The highest BCUT2D eigenvalue weighted by Crippen LogP contribution is 2.43. The van der Waals surface area contributed by atoms with Gasteiger partial charge in [-0.25, -0.2) is 4.57 Å². The molecule has 0 radical (unpaired) electrons. The zero-order valence-electron chi connectivity index (χ0n) is 20.1. The maximum Gasteiger partial charge on any atom is 0.472 e. The predicted octanol–water partition coefficient (Wildman–Crippen LogP) is 3.65. The second-order valence-electron chi connectivity index (χ2n) is 8.02. The zero-order chi connectivity index (χ0) is 25.0. The SMILES string of the molecule is CCCCCCCCCCC(=O)O[C@H](COC(=O)CCCC)COP(=O)(O)OC[C@@H](O)CO. The number of carbonyl (C=O) groups is 2. The fourth-order valence-electron chi connectivity index (χ4n) is 2.79. The molecule has 10 nitrogen and oxygen atoms in total. The summed E-state index contributed by atoms with van der Waals surface area (Å²) in [6.07, 6.45) is 8.08. The highest BCUT2D eigenvalue weighted by Gasteiger charge is 2.27. The second kappa shape index (κ2) is 20.4. The van der Waals surface area contributed by atoms with Crippen molar-refractivity contribution in [2.75, 3.05) is 26.4 Å². The van der Waals surface area contributed by atoms with Crippen molar-refractivity contribution in [1.82, 2.24) is 0 Å². The molecule has 1 unspecified atom stereocenters. The van der Waals surface area contributed by atoms with Gasteiger partial charge in [-0.15, -0.1) is 0 Å². The minimum absolute atomic E-state index is 0.186. The smallest absolute Gasteiger partial charge is 0.462 e. The topological polar surface area (TPSA) is 149 Å². The summed E-state index contributed by atoms with van der Waals surface area (Å²) in [7, 11) is -4.57. The van der Waals surface area contributed by atoms with Crippen LogP contribution in [0.2, 0.25) is 0 Å². The van der Waals surface area contributed by atoms with Gasteiger partial charge in [0.05, 0.1) is 19.8 Å². The summed E-state index contributed by atoms with van der Waals surface area (Å²) in [5.74, 6) is -0.973. The largest absolute Gasteiger partial charge is 0.472 e. The molecule has 196 valence electrons. The number of ether oxygens (including phenoxy) is 2. The van der Waals surface area contributed by atoms with E-state index in [2.05, 4.69) is 11.4 Å². The van der Waals surface area contributed by atoms with Crippen molar-refractivity contribution < 1.29 is 47.8 Å². The average molecular weight is 499 g/mol. The minimum atomic E-state index is -4.57. The summed E-state index contributed by atoms with van der Waals surface area (Å²) < 4.78 is 31.7. The molecule has 0 fully saturated rings. The molecule has 0 aliphatic rings. The van der Waals surface area contributed by atoms with Crippen LogP contribution in [-0.4, -0.2) is 65.7 Å². The Kier molecular flexibility index (Phi) is 19.7. The third-order valence-corrected chi connectivity index (χ3v) is 5.71. The number of phosphoric ester groups is 1. The van der Waals surface area contributed by atoms with Crippen LogP contribution < -0.4 is 0 Å². The number of carbonyl (C=O) groups excluding carboxylic acids is 2. The van der Waals surface area contributed by atoms with Crippen molar-refractivity contribution in [1.29, 1.82) is 0 Å². The van der Waals surface area contributed by atoms with E-state index in [0.717, 1.165) is 25.7 Å². The van der Waals surface area contributed by atoms with Gasteiger partial charge in [0.25, 0.3) is 0 Å². The molecule has 3 atom stereocenters. The number of hydrogen-bond donors (Lipinski definition) is 3. The molecule has 0 spiro atoms. The van der Waals surface area contributed by atoms with Gasteiger partial charge < -0.3 is 24.6 Å². The molecule has 0 aromatic carbocycles. The maximum atomic E-state index is 12.2. The number of aliphatic hydroxyl groups is 2. The first kappa shape index (κ1) is 32.0. The summed E-state index contributed by atoms with van der Waals surface area (Å²) in [4.78, 5) is 33.6. The quantitative estimate of drug-likeness (QED) is 0.115. The Bertz CT molecular complexity index is 557. The van der Waals surface area contributed by atoms with Crippen LogP contribution in [0.25, 0.3) is 0 Å². The van der Waals surface area contributed by atoms with E-state index in [1.807, 2.05) is 6.92 Å². The maximum absolute atomic E-state index is 12.2. The first-order valence-electron chi connectivity index (χ1n) is 12.0. The van der Waals surface area contributed by atoms with E-state index >= 15 is 0 Å². The lowest BCUT2D eigenvalue weighted by atomic mass is 10.1. The number of phosphoric acid groups is 1. The van der Waals surface area contributed by atoms with Crippen LogP contribution in [0.5, 0.6) is 0 Å². The van der Waals surface area contributed by atoms with Gasteiger partial charge in [-0.1, -0.05) is 65.2 Å². The van der Waals surface area contributed by atoms with E-state index in [-0.39, 0.29) is 19.4 Å². The first-order chi connectivity index (χ1) is 15.7. The van der Waals surface area contributed by atoms with Crippen molar-refractivity contribution in [2.24, 2.45) is 0 Å². The van der Waals surface area contributed by atoms with Crippen molar-refractivity contribution in [3.05, 3.63) is 0 Å². The molecule has 0 amide bonds. The lowest BCUT2D eigenvalue weighted by Crippen LogP contribution is -2.29. The fraction of sp³-hybridized carbons (Fsp3) is 0.909. The van der Waals surface area contributed by atoms with Crippen molar-refractivity contribution in [3.8, 4) is 0 Å². The van der Waals surface area contributed by atoms with Crippen LogP contribution in [0.3, 0.4) is 0 Å². The van der Waals surface area contributed by atoms with Gasteiger partial charge in [0.2, 0.25) is 0 Å². The first-order valence-corrected chi connectivity index (χ1v) is 13.5. The number of hydrogen-bond acceptors (Lipinski definition) is 9. The summed E-state index contributed by atoms with van der Waals surface area (Å²) in [5.41, 5.74) is 0. The molecule has 0 aliphatic carbocycles. The highest BCUT2D eigenvalue weighted by atomic mass is 31.2. The Balaban J connectivity index is 4.49. The average Bonchev–Trinajstić information content (AvgIpc) is 2.79. The van der Waals surface area contributed by atoms with Crippen LogP contribution in [0, 0.1) is 0 Å². The normalized spacial score (nSPS) is 14.9. The van der Waals surface area contributed by atoms with Gasteiger partial charge in [-0.2, -0.15) is 0 Å². The summed E-state index contributed by atoms with van der Waals surface area (Å²) >= 11 is 0. The Labute approximate surface area is 197 Å². The highest BCUT2D eigenvalue weighted by molar-refractivity contribution is 7.47. The summed E-state index contributed by atoms with van der Waals surface area (Å²) in [5, 5.41) is 18.0. The lowest BCUT2D eigenvalue weighted by molar-refractivity contribution is -0.161. The molecule has 0 heterocycles. The Morgan fingerprint density at radius 1 is 0.788 bits per heavy atom. The van der Waals surface area contributed by atoms with E-state index < -0.39 is 51.8 Å². The van der Waals surface area contributed by atoms with Crippen LogP contribution in [-0.2, 0) is 32.7 Å². The Morgan fingerprint density at radius 2 is 1.33 bits per heavy atom. The molecule has 0 saturated heterocycles. The summed E-state index contributed by atoms with van der Waals surface area (Å²) in [6, 6.07) is 0. The Hall–Kier alpha value is -1.03. The lowest BCUT2D eigenvalue weighted by Gasteiger charge is -2.20. The molecule has 11 heteroatoms. The van der Waals surface area contributed by atoms with E-state index in [4.69, 9.17) is 19.1 Å². The minimum Gasteiger partial charge on any atom is -0.462 e. The molecule has 0 saturated carbocycles. The standard InChI is InChI=1S/C22H43O10P/c1-3-5-7-8-9-10-11-12-14-22(26)32-20(17-29-21(25)13-6-4-2)18-31-33(27,28)30-16-19(24)15-23/h19-20,23-24H,3-18H2,1-2H3,(H,27,28)/t19-,20+/m0/s1. The van der Waals surface area contributed by atoms with Gasteiger partial charge >= 0.3 is 19.8 Å². The third-order valence-electron chi connectivity index (χ3n) is 4.76. The van der Waals surface area contributed by atoms with Gasteiger partial charge in [-0.05, 0) is 12.8 Å². The third kappa shape index (κ3) is 20.1. The number of unbranched alkanes of at least 4 members (excludes halogenated alkanes) is 8. The zero-order valence-corrected chi connectivity index (χ0v) is 21.0. The van der Waals surface area contributed by atoms with Crippen LogP contribution in [0.4, 0.5) is 0 Å². The molecule has 0 aliphatic heterocycles. The number of esters is 2. The number of rotatable bonds is 22. The fourth-order valence-corrected chi connectivity index (χ4v) is 3.58. The molecular formula is C22H43O10P. The molecule has 33 heavy (non-hydrogen) atoms. The van der Waals surface area contributed by atoms with Crippen molar-refractivity contribution >= 4 is 19.8 Å². The van der Waals surface area contributed by atoms with Gasteiger partial charge in [0, 0.05) is 12.8 Å². The second-order valence-corrected chi connectivity index (χ2v) is 9.47. The monoisotopic (exact) mass is 498 g/mol. The van der Waals surface area contributed by atoms with Gasteiger partial charge in [0.15, 0.2) is 6.10 Å². The van der Waals surface area contributed by atoms with E-state index in [1.165, 1.54) is 25.7 Å². The number of aliphatic hydroxyl groups excluding tert-OH is 2. The van der Waals surface area contributed by atoms with Gasteiger partial charge in [0.1, 0.15) is 12.7 Å². The van der Waals surface area contributed by atoms with E-state index in [1.54, 1.807) is 0 Å². The van der Waals surface area contributed by atoms with Gasteiger partial charge in [-0.3, -0.25) is 18.6 Å². The van der Waals surface area contributed by atoms with E-state index in [0.29, 0.717) is 12.8 Å². The predicted molar refractivity (Wildman–Crippen MR) is 122 cm³/mol. The molecule has 0 bridgehead atoms. The molecule has 3 N–H and O–H groups in total. The Morgan fingerprint density at radius 3 is 1.94 bits per heavy atom. The molecular weight excluding hydrogens is 455 g/mol. The van der Waals surface area contributed by atoms with E-state index in [9.17, 15) is 24.2 Å². The van der Waals surface area contributed by atoms with Crippen molar-refractivity contribution in [3.63, 3.8) is 0 Å². The molecule has 0 aromatic heterocycles. The molecule has 0 rings (SSSR count).